The molecule has 0 spiro atoms. The van der Waals surface area contributed by atoms with Crippen LogP contribution in [0.3, 0.4) is 0 Å². The lowest BCUT2D eigenvalue weighted by Gasteiger charge is -2.23. The quantitative estimate of drug-likeness (QED) is 0.883. The van der Waals surface area contributed by atoms with Crippen molar-refractivity contribution >= 4 is 33.0 Å². The Balaban J connectivity index is 1.97. The van der Waals surface area contributed by atoms with Gasteiger partial charge in [-0.05, 0) is 24.6 Å². The Morgan fingerprint density at radius 1 is 1.50 bits per heavy atom. The van der Waals surface area contributed by atoms with Crippen molar-refractivity contribution in [3.8, 4) is 0 Å². The van der Waals surface area contributed by atoms with Crippen molar-refractivity contribution in [2.24, 2.45) is 0 Å². The van der Waals surface area contributed by atoms with Gasteiger partial charge in [0.2, 0.25) is 5.91 Å². The van der Waals surface area contributed by atoms with Crippen LogP contribution in [0, 0.1) is 6.92 Å². The second-order valence-corrected chi connectivity index (χ2v) is 7.64. The smallest absolute Gasteiger partial charge is 0.225 e. The number of carbonyl (C=O) groups is 1. The van der Waals surface area contributed by atoms with Gasteiger partial charge in [-0.1, -0.05) is 17.7 Å². The van der Waals surface area contributed by atoms with Crippen molar-refractivity contribution in [3.05, 3.63) is 28.8 Å². The number of benzene rings is 1. The molecule has 1 fully saturated rings. The summed E-state index contributed by atoms with van der Waals surface area (Å²) in [5.74, 6) is -0.0713. The van der Waals surface area contributed by atoms with Crippen LogP contribution in [0.4, 0.5) is 5.69 Å². The van der Waals surface area contributed by atoms with E-state index in [0.29, 0.717) is 17.3 Å². The van der Waals surface area contributed by atoms with E-state index in [9.17, 15) is 13.2 Å². The first-order valence-corrected chi connectivity index (χ1v) is 8.55. The second kappa shape index (κ2) is 6.11. The van der Waals surface area contributed by atoms with Crippen LogP contribution in [0.1, 0.15) is 12.0 Å². The molecule has 0 aromatic heterocycles. The fourth-order valence-electron chi connectivity index (χ4n) is 2.15. The highest BCUT2D eigenvalue weighted by molar-refractivity contribution is 7.91. The Morgan fingerprint density at radius 3 is 2.95 bits per heavy atom. The van der Waals surface area contributed by atoms with Crippen LogP contribution in [-0.2, 0) is 14.6 Å². The van der Waals surface area contributed by atoms with E-state index in [1.54, 1.807) is 12.1 Å². The number of carbonyl (C=O) groups excluding carboxylic acids is 1. The van der Waals surface area contributed by atoms with Crippen LogP contribution < -0.4 is 10.6 Å². The molecular weight excluding hydrogens is 300 g/mol. The highest BCUT2D eigenvalue weighted by atomic mass is 35.5. The summed E-state index contributed by atoms with van der Waals surface area (Å²) in [7, 11) is -3.03. The van der Waals surface area contributed by atoms with Crippen LogP contribution in [0.25, 0.3) is 0 Å². The van der Waals surface area contributed by atoms with Gasteiger partial charge in [-0.25, -0.2) is 8.42 Å². The van der Waals surface area contributed by atoms with Crippen LogP contribution in [0.2, 0.25) is 5.02 Å². The Morgan fingerprint density at radius 2 is 2.25 bits per heavy atom. The monoisotopic (exact) mass is 316 g/mol. The molecule has 20 heavy (non-hydrogen) atoms. The van der Waals surface area contributed by atoms with Crippen molar-refractivity contribution < 1.29 is 13.2 Å². The Hall–Kier alpha value is -1.11. The van der Waals surface area contributed by atoms with Gasteiger partial charge in [0.25, 0.3) is 0 Å². The zero-order chi connectivity index (χ0) is 14.8. The van der Waals surface area contributed by atoms with Gasteiger partial charge in [0.15, 0.2) is 9.84 Å². The molecule has 2 N–H and O–H groups in total. The molecule has 0 aliphatic carbocycles. The molecule has 0 radical (unpaired) electrons. The van der Waals surface area contributed by atoms with Gasteiger partial charge in [-0.2, -0.15) is 0 Å². The van der Waals surface area contributed by atoms with Crippen molar-refractivity contribution in [2.45, 2.75) is 19.4 Å². The summed E-state index contributed by atoms with van der Waals surface area (Å²) in [5.41, 5.74) is 1.56. The van der Waals surface area contributed by atoms with Gasteiger partial charge in [0, 0.05) is 29.7 Å². The maximum Gasteiger partial charge on any atom is 0.225 e. The molecule has 1 aliphatic rings. The minimum absolute atomic E-state index is 0.00888. The molecule has 5 nitrogen and oxygen atoms in total. The molecule has 7 heteroatoms. The molecule has 0 bridgehead atoms. The molecule has 1 heterocycles. The number of hydrogen-bond donors (Lipinski definition) is 2. The van der Waals surface area contributed by atoms with Crippen LogP contribution in [-0.4, -0.2) is 38.4 Å². The Labute approximate surface area is 123 Å². The maximum absolute atomic E-state index is 12.0. The summed E-state index contributed by atoms with van der Waals surface area (Å²) in [6.07, 6.45) is 0.130. The fourth-order valence-corrected chi connectivity index (χ4v) is 3.77. The van der Waals surface area contributed by atoms with Crippen molar-refractivity contribution in [1.29, 1.82) is 0 Å². The largest absolute Gasteiger partial charge is 0.326 e. The van der Waals surface area contributed by atoms with E-state index in [2.05, 4.69) is 10.6 Å². The Kier molecular flexibility index (Phi) is 4.67. The van der Waals surface area contributed by atoms with Gasteiger partial charge in [-0.3, -0.25) is 4.79 Å². The second-order valence-electron chi connectivity index (χ2n) is 4.98. The lowest BCUT2D eigenvalue weighted by Crippen LogP contribution is -2.46. The normalized spacial score (nSPS) is 21.4. The maximum atomic E-state index is 12.0. The number of anilines is 1. The van der Waals surface area contributed by atoms with Crippen LogP contribution in [0.15, 0.2) is 18.2 Å². The molecule has 110 valence electrons. The highest BCUT2D eigenvalue weighted by Crippen LogP contribution is 2.20. The fraction of sp³-hybridized carbons (Fsp3) is 0.462. The number of rotatable bonds is 3. The van der Waals surface area contributed by atoms with E-state index in [4.69, 9.17) is 11.6 Å². The van der Waals surface area contributed by atoms with Crippen LogP contribution in [0.5, 0.6) is 0 Å². The third kappa shape index (κ3) is 4.19. The van der Waals surface area contributed by atoms with E-state index < -0.39 is 9.84 Å². The predicted molar refractivity (Wildman–Crippen MR) is 79.9 cm³/mol. The summed E-state index contributed by atoms with van der Waals surface area (Å²) >= 11 is 5.89. The zero-order valence-electron chi connectivity index (χ0n) is 11.1. The topological polar surface area (TPSA) is 75.3 Å². The highest BCUT2D eigenvalue weighted by Gasteiger charge is 2.26. The third-order valence-electron chi connectivity index (χ3n) is 3.21. The van der Waals surface area contributed by atoms with Gasteiger partial charge >= 0.3 is 0 Å². The number of halogens is 1. The van der Waals surface area contributed by atoms with Gasteiger partial charge < -0.3 is 10.6 Å². The number of nitrogens with one attached hydrogen (secondary N) is 2. The minimum Gasteiger partial charge on any atom is -0.326 e. The standard InChI is InChI=1S/C13H17ClN2O3S/c1-9-2-3-10(14)6-12(9)16-13(17)7-11-8-20(18,19)5-4-15-11/h2-3,6,11,15H,4-5,7-8H2,1H3,(H,16,17). The molecule has 1 aliphatic heterocycles. The zero-order valence-corrected chi connectivity index (χ0v) is 12.7. The first-order valence-electron chi connectivity index (χ1n) is 6.35. The average molecular weight is 317 g/mol. The summed E-state index contributed by atoms with van der Waals surface area (Å²) < 4.78 is 23.0. The molecule has 1 atom stereocenters. The summed E-state index contributed by atoms with van der Waals surface area (Å²) in [5, 5.41) is 6.36. The van der Waals surface area contributed by atoms with E-state index in [1.807, 2.05) is 13.0 Å². The van der Waals surface area contributed by atoms with Crippen molar-refractivity contribution in [1.82, 2.24) is 5.32 Å². The molecule has 1 amide bonds. The summed E-state index contributed by atoms with van der Waals surface area (Å²) in [4.78, 5) is 12.0. The predicted octanol–water partition coefficient (Wildman–Crippen LogP) is 1.36. The number of sulfone groups is 1. The average Bonchev–Trinajstić information content (AvgIpc) is 2.32. The lowest BCUT2D eigenvalue weighted by molar-refractivity contribution is -0.116. The molecular formula is C13H17ClN2O3S. The Bertz CT molecular complexity index is 616. The van der Waals surface area contributed by atoms with Crippen molar-refractivity contribution in [2.75, 3.05) is 23.4 Å². The van der Waals surface area contributed by atoms with Gasteiger partial charge in [-0.15, -0.1) is 0 Å². The number of hydrogen-bond acceptors (Lipinski definition) is 4. The molecule has 1 saturated heterocycles. The molecule has 2 rings (SSSR count). The van der Waals surface area contributed by atoms with Gasteiger partial charge in [0.05, 0.1) is 11.5 Å². The number of amides is 1. The first-order chi connectivity index (χ1) is 9.35. The van der Waals surface area contributed by atoms with E-state index in [0.717, 1.165) is 5.56 Å². The van der Waals surface area contributed by atoms with E-state index >= 15 is 0 Å². The summed E-state index contributed by atoms with van der Waals surface area (Å²) in [6, 6.07) is 4.93. The molecule has 1 aromatic rings. The molecule has 1 unspecified atom stereocenters. The van der Waals surface area contributed by atoms with E-state index in [-0.39, 0.29) is 29.9 Å². The van der Waals surface area contributed by atoms with Crippen molar-refractivity contribution in [3.63, 3.8) is 0 Å². The van der Waals surface area contributed by atoms with Crippen LogP contribution >= 0.6 is 11.6 Å². The SMILES string of the molecule is Cc1ccc(Cl)cc1NC(=O)CC1CS(=O)(=O)CCN1. The van der Waals surface area contributed by atoms with E-state index in [1.165, 1.54) is 0 Å². The van der Waals surface area contributed by atoms with Gasteiger partial charge in [0.1, 0.15) is 0 Å². The first kappa shape index (κ1) is 15.3. The molecule has 1 aromatic carbocycles. The third-order valence-corrected chi connectivity index (χ3v) is 5.18. The summed E-state index contributed by atoms with van der Waals surface area (Å²) in [6.45, 7) is 2.27. The molecule has 0 saturated carbocycles. The number of aryl methyl sites for hydroxylation is 1. The lowest BCUT2D eigenvalue weighted by atomic mass is 10.1. The minimum atomic E-state index is -3.03.